The molecule has 0 spiro atoms. The number of primary amides is 1. The number of hydrogen-bond acceptors (Lipinski definition) is 3. The van der Waals surface area contributed by atoms with Gasteiger partial charge in [0.2, 0.25) is 5.91 Å². The Labute approximate surface area is 217 Å². The van der Waals surface area contributed by atoms with E-state index in [0.29, 0.717) is 18.1 Å². The van der Waals surface area contributed by atoms with Crippen LogP contribution in [0.5, 0.6) is 11.5 Å². The summed E-state index contributed by atoms with van der Waals surface area (Å²) in [5, 5.41) is 1.10. The van der Waals surface area contributed by atoms with Gasteiger partial charge in [-0.1, -0.05) is 84.9 Å². The van der Waals surface area contributed by atoms with Gasteiger partial charge < -0.3 is 19.8 Å². The Hall–Kier alpha value is -4.51. The Bertz CT molecular complexity index is 1490. The van der Waals surface area contributed by atoms with E-state index in [9.17, 15) is 4.79 Å². The van der Waals surface area contributed by atoms with Crippen LogP contribution in [0.25, 0.3) is 10.9 Å². The van der Waals surface area contributed by atoms with Crippen LogP contribution in [-0.4, -0.2) is 17.6 Å². The van der Waals surface area contributed by atoms with Crippen LogP contribution in [-0.2, 0) is 17.9 Å². The molecule has 0 fully saturated rings. The van der Waals surface area contributed by atoms with Gasteiger partial charge in [0.05, 0.1) is 7.11 Å². The number of methoxy groups -OCH3 is 1. The van der Waals surface area contributed by atoms with Gasteiger partial charge in [0, 0.05) is 36.0 Å². The zero-order valence-electron chi connectivity index (χ0n) is 20.8. The number of amides is 1. The zero-order valence-corrected chi connectivity index (χ0v) is 20.8. The van der Waals surface area contributed by atoms with Crippen LogP contribution >= 0.6 is 0 Å². The maximum absolute atomic E-state index is 12.3. The summed E-state index contributed by atoms with van der Waals surface area (Å²) in [6.07, 6.45) is 2.34. The van der Waals surface area contributed by atoms with Crippen LogP contribution in [0.3, 0.4) is 0 Å². The lowest BCUT2D eigenvalue weighted by Crippen LogP contribution is -2.16. The zero-order chi connectivity index (χ0) is 25.6. The third-order valence-corrected chi connectivity index (χ3v) is 6.62. The molecule has 1 heterocycles. The first-order valence-corrected chi connectivity index (χ1v) is 12.4. The maximum Gasteiger partial charge on any atom is 0.218 e. The minimum Gasteiger partial charge on any atom is -0.493 e. The monoisotopic (exact) mass is 490 g/mol. The first-order chi connectivity index (χ1) is 18.1. The Morgan fingerprint density at radius 2 is 1.51 bits per heavy atom. The number of para-hydroxylation sites is 1. The van der Waals surface area contributed by atoms with Crippen LogP contribution in [0, 0.1) is 0 Å². The molecule has 5 rings (SSSR count). The minimum absolute atomic E-state index is 0.184. The van der Waals surface area contributed by atoms with Crippen LogP contribution in [0.4, 0.5) is 0 Å². The number of carbonyl (C=O) groups excluding carboxylic acids is 1. The van der Waals surface area contributed by atoms with E-state index in [1.165, 1.54) is 5.56 Å². The molecule has 0 unspecified atom stereocenters. The van der Waals surface area contributed by atoms with E-state index in [-0.39, 0.29) is 18.2 Å². The van der Waals surface area contributed by atoms with Crippen molar-refractivity contribution >= 4 is 16.8 Å². The van der Waals surface area contributed by atoms with Gasteiger partial charge in [0.25, 0.3) is 0 Å². The molecule has 0 bridgehead atoms. The summed E-state index contributed by atoms with van der Waals surface area (Å²) < 4.78 is 14.0. The largest absolute Gasteiger partial charge is 0.493 e. The average molecular weight is 491 g/mol. The molecule has 4 aromatic carbocycles. The van der Waals surface area contributed by atoms with Crippen molar-refractivity contribution in [3.63, 3.8) is 0 Å². The van der Waals surface area contributed by atoms with Gasteiger partial charge in [-0.05, 0) is 40.5 Å². The normalized spacial score (nSPS) is 11.8. The molecule has 0 radical (unpaired) electrons. The first kappa shape index (κ1) is 24.2. The number of hydrogen-bond donors (Lipinski definition) is 1. The minimum atomic E-state index is -0.354. The number of carbonyl (C=O) groups is 1. The van der Waals surface area contributed by atoms with E-state index in [1.807, 2.05) is 78.9 Å². The van der Waals surface area contributed by atoms with E-state index >= 15 is 0 Å². The molecular weight excluding hydrogens is 460 g/mol. The van der Waals surface area contributed by atoms with Crippen molar-refractivity contribution in [1.82, 2.24) is 4.57 Å². The second-order valence-corrected chi connectivity index (χ2v) is 9.12. The SMILES string of the molecule is COc1ccc([C@H](CC(N)=O)c2cn(Cc3ccccc3)c3ccccc23)cc1OCc1ccccc1. The summed E-state index contributed by atoms with van der Waals surface area (Å²) in [6, 6.07) is 34.5. The lowest BCUT2D eigenvalue weighted by Gasteiger charge is -2.19. The molecule has 0 aliphatic carbocycles. The lowest BCUT2D eigenvalue weighted by molar-refractivity contribution is -0.118. The van der Waals surface area contributed by atoms with Gasteiger partial charge in [-0.2, -0.15) is 0 Å². The maximum atomic E-state index is 12.3. The first-order valence-electron chi connectivity index (χ1n) is 12.4. The summed E-state index contributed by atoms with van der Waals surface area (Å²) in [7, 11) is 1.63. The quantitative estimate of drug-likeness (QED) is 0.250. The predicted molar refractivity (Wildman–Crippen MR) is 147 cm³/mol. The van der Waals surface area contributed by atoms with E-state index in [4.69, 9.17) is 15.2 Å². The van der Waals surface area contributed by atoms with Crippen LogP contribution in [0.2, 0.25) is 0 Å². The summed E-state index contributed by atoms with van der Waals surface area (Å²) >= 11 is 0. The van der Waals surface area contributed by atoms with Crippen molar-refractivity contribution in [2.24, 2.45) is 5.73 Å². The second kappa shape index (κ2) is 11.0. The molecule has 186 valence electrons. The molecule has 1 amide bonds. The molecule has 1 aromatic heterocycles. The van der Waals surface area contributed by atoms with Crippen LogP contribution in [0.1, 0.15) is 34.6 Å². The molecule has 37 heavy (non-hydrogen) atoms. The fraction of sp³-hybridized carbons (Fsp3) is 0.156. The van der Waals surface area contributed by atoms with Crippen molar-refractivity contribution in [3.8, 4) is 11.5 Å². The highest BCUT2D eigenvalue weighted by atomic mass is 16.5. The van der Waals surface area contributed by atoms with E-state index in [1.54, 1.807) is 7.11 Å². The van der Waals surface area contributed by atoms with Gasteiger partial charge in [-0.25, -0.2) is 0 Å². The lowest BCUT2D eigenvalue weighted by atomic mass is 9.88. The third-order valence-electron chi connectivity index (χ3n) is 6.62. The van der Waals surface area contributed by atoms with Crippen LogP contribution in [0.15, 0.2) is 109 Å². The molecule has 2 N–H and O–H groups in total. The molecule has 0 aliphatic heterocycles. The van der Waals surface area contributed by atoms with E-state index in [0.717, 1.165) is 34.1 Å². The standard InChI is InChI=1S/C32H30N2O3/c1-36-30-17-16-25(18-31(30)37-22-24-12-6-3-7-13-24)27(19-32(33)35)28-21-34(20-23-10-4-2-5-11-23)29-15-9-8-14-26(28)29/h2-18,21,27H,19-20,22H2,1H3,(H2,33,35)/t27-/m0/s1. The van der Waals surface area contributed by atoms with Gasteiger partial charge in [-0.15, -0.1) is 0 Å². The molecule has 0 saturated heterocycles. The van der Waals surface area contributed by atoms with Crippen molar-refractivity contribution in [2.75, 3.05) is 7.11 Å². The number of fused-ring (bicyclic) bond motifs is 1. The molecule has 0 aliphatic rings. The van der Waals surface area contributed by atoms with Gasteiger partial charge in [-0.3, -0.25) is 4.79 Å². The Balaban J connectivity index is 1.55. The fourth-order valence-electron chi connectivity index (χ4n) is 4.83. The van der Waals surface area contributed by atoms with E-state index < -0.39 is 0 Å². The highest BCUT2D eigenvalue weighted by Crippen LogP contribution is 2.39. The molecule has 5 heteroatoms. The van der Waals surface area contributed by atoms with Crippen molar-refractivity contribution in [3.05, 3.63) is 132 Å². The summed E-state index contributed by atoms with van der Waals surface area (Å²) in [4.78, 5) is 12.3. The van der Waals surface area contributed by atoms with Crippen molar-refractivity contribution < 1.29 is 14.3 Å². The summed E-state index contributed by atoms with van der Waals surface area (Å²) in [6.45, 7) is 1.15. The number of rotatable bonds is 10. The summed E-state index contributed by atoms with van der Waals surface area (Å²) in [5.41, 5.74) is 11.2. The van der Waals surface area contributed by atoms with Crippen LogP contribution < -0.4 is 15.2 Å². The average Bonchev–Trinajstić information content (AvgIpc) is 3.29. The molecule has 5 aromatic rings. The Morgan fingerprint density at radius 3 is 2.22 bits per heavy atom. The molecular formula is C32H30N2O3. The van der Waals surface area contributed by atoms with Gasteiger partial charge in [0.1, 0.15) is 6.61 Å². The number of nitrogens with zero attached hydrogens (tertiary/aromatic N) is 1. The van der Waals surface area contributed by atoms with Gasteiger partial charge >= 0.3 is 0 Å². The Kier molecular flexibility index (Phi) is 7.22. The second-order valence-electron chi connectivity index (χ2n) is 9.12. The number of benzene rings is 4. The number of nitrogens with two attached hydrogens (primary N) is 1. The van der Waals surface area contributed by atoms with Crippen molar-refractivity contribution in [1.29, 1.82) is 0 Å². The third kappa shape index (κ3) is 5.51. The fourth-order valence-corrected chi connectivity index (χ4v) is 4.83. The predicted octanol–water partition coefficient (Wildman–Crippen LogP) is 6.28. The highest BCUT2D eigenvalue weighted by Gasteiger charge is 2.23. The molecule has 1 atom stereocenters. The van der Waals surface area contributed by atoms with Gasteiger partial charge in [0.15, 0.2) is 11.5 Å². The topological polar surface area (TPSA) is 66.5 Å². The number of aromatic nitrogens is 1. The highest BCUT2D eigenvalue weighted by molar-refractivity contribution is 5.86. The Morgan fingerprint density at radius 1 is 0.838 bits per heavy atom. The smallest absolute Gasteiger partial charge is 0.218 e. The van der Waals surface area contributed by atoms with Crippen molar-refractivity contribution in [2.45, 2.75) is 25.5 Å². The molecule has 0 saturated carbocycles. The summed E-state index contributed by atoms with van der Waals surface area (Å²) in [5.74, 6) is 0.687. The van der Waals surface area contributed by atoms with E-state index in [2.05, 4.69) is 35.0 Å². The molecule has 5 nitrogen and oxygen atoms in total. The number of ether oxygens (including phenoxy) is 2.